The van der Waals surface area contributed by atoms with E-state index in [9.17, 15) is 0 Å². The molecule has 1 aromatic rings. The van der Waals surface area contributed by atoms with Crippen molar-refractivity contribution in [2.75, 3.05) is 29.9 Å². The molecule has 0 aliphatic carbocycles. The van der Waals surface area contributed by atoms with E-state index in [0.29, 0.717) is 0 Å². The minimum Gasteiger partial charge on any atom is -0.370 e. The summed E-state index contributed by atoms with van der Waals surface area (Å²) >= 11 is 0. The maximum atomic E-state index is 4.58. The van der Waals surface area contributed by atoms with Crippen molar-refractivity contribution in [3.8, 4) is 0 Å². The van der Waals surface area contributed by atoms with Crippen molar-refractivity contribution in [3.63, 3.8) is 0 Å². The predicted octanol–water partition coefficient (Wildman–Crippen LogP) is 2.76. The summed E-state index contributed by atoms with van der Waals surface area (Å²) in [5.74, 6) is 2.86. The molecule has 17 heavy (non-hydrogen) atoms. The number of anilines is 2. The Hall–Kier alpha value is -1.32. The van der Waals surface area contributed by atoms with E-state index >= 15 is 0 Å². The number of aromatic nitrogens is 2. The Morgan fingerprint density at radius 1 is 1.12 bits per heavy atom. The van der Waals surface area contributed by atoms with Crippen LogP contribution in [0.15, 0.2) is 0 Å². The van der Waals surface area contributed by atoms with Gasteiger partial charge in [-0.05, 0) is 34.1 Å². The maximum Gasteiger partial charge on any atom is 0.137 e. The SMILES string of the molecule is CCCN(CC)c1nc(C)nc(NCC)c1C. The van der Waals surface area contributed by atoms with E-state index in [1.54, 1.807) is 0 Å². The minimum absolute atomic E-state index is 0.830. The van der Waals surface area contributed by atoms with Gasteiger partial charge in [-0.25, -0.2) is 9.97 Å². The van der Waals surface area contributed by atoms with Crippen molar-refractivity contribution in [1.82, 2.24) is 9.97 Å². The van der Waals surface area contributed by atoms with Crippen LogP contribution in [0.5, 0.6) is 0 Å². The number of aryl methyl sites for hydroxylation is 1. The number of hydrogen-bond acceptors (Lipinski definition) is 4. The van der Waals surface area contributed by atoms with Crippen LogP contribution >= 0.6 is 0 Å². The van der Waals surface area contributed by atoms with Crippen LogP contribution in [-0.4, -0.2) is 29.6 Å². The van der Waals surface area contributed by atoms with Crippen LogP contribution in [0.4, 0.5) is 11.6 Å². The molecule has 1 N–H and O–H groups in total. The molecule has 0 bridgehead atoms. The fraction of sp³-hybridized carbons (Fsp3) is 0.692. The number of hydrogen-bond donors (Lipinski definition) is 1. The zero-order chi connectivity index (χ0) is 12.8. The van der Waals surface area contributed by atoms with Crippen molar-refractivity contribution in [2.45, 2.75) is 41.0 Å². The van der Waals surface area contributed by atoms with Gasteiger partial charge < -0.3 is 10.2 Å². The summed E-state index contributed by atoms with van der Waals surface area (Å²) in [4.78, 5) is 11.3. The van der Waals surface area contributed by atoms with Crippen molar-refractivity contribution in [3.05, 3.63) is 11.4 Å². The lowest BCUT2D eigenvalue weighted by molar-refractivity contribution is 0.768. The molecule has 0 saturated heterocycles. The molecule has 96 valence electrons. The lowest BCUT2D eigenvalue weighted by atomic mass is 10.2. The van der Waals surface area contributed by atoms with E-state index in [4.69, 9.17) is 0 Å². The number of rotatable bonds is 6. The highest BCUT2D eigenvalue weighted by atomic mass is 15.2. The molecule has 0 fully saturated rings. The molecule has 0 aliphatic heterocycles. The Labute approximate surface area is 104 Å². The first-order valence-corrected chi connectivity index (χ1v) is 6.48. The van der Waals surface area contributed by atoms with Crippen LogP contribution in [0.3, 0.4) is 0 Å². The molecule has 0 saturated carbocycles. The first-order chi connectivity index (χ1) is 8.13. The van der Waals surface area contributed by atoms with Gasteiger partial charge >= 0.3 is 0 Å². The average molecular weight is 236 g/mol. The molecule has 0 atom stereocenters. The minimum atomic E-state index is 0.830. The van der Waals surface area contributed by atoms with E-state index in [0.717, 1.165) is 49.1 Å². The van der Waals surface area contributed by atoms with Crippen molar-refractivity contribution in [2.24, 2.45) is 0 Å². The second kappa shape index (κ2) is 6.42. The fourth-order valence-corrected chi connectivity index (χ4v) is 1.94. The summed E-state index contributed by atoms with van der Waals surface area (Å²) in [6, 6.07) is 0. The molecular formula is C13H24N4. The van der Waals surface area contributed by atoms with E-state index < -0.39 is 0 Å². The van der Waals surface area contributed by atoms with Crippen LogP contribution in [0, 0.1) is 13.8 Å². The fourth-order valence-electron chi connectivity index (χ4n) is 1.94. The Kier molecular flexibility index (Phi) is 5.19. The summed E-state index contributed by atoms with van der Waals surface area (Å²) in [6.07, 6.45) is 1.13. The highest BCUT2D eigenvalue weighted by Gasteiger charge is 2.13. The van der Waals surface area contributed by atoms with Crippen LogP contribution in [0.2, 0.25) is 0 Å². The average Bonchev–Trinajstić information content (AvgIpc) is 2.31. The molecule has 4 nitrogen and oxygen atoms in total. The lowest BCUT2D eigenvalue weighted by Gasteiger charge is -2.24. The van der Waals surface area contributed by atoms with E-state index in [1.807, 2.05) is 6.92 Å². The second-order valence-corrected chi connectivity index (χ2v) is 4.18. The highest BCUT2D eigenvalue weighted by Crippen LogP contribution is 2.23. The van der Waals surface area contributed by atoms with Gasteiger partial charge in [0.1, 0.15) is 17.5 Å². The Bertz CT molecular complexity index is 363. The zero-order valence-electron chi connectivity index (χ0n) is 11.7. The number of nitrogens with zero attached hydrogens (tertiary/aromatic N) is 3. The molecule has 1 aromatic heterocycles. The molecule has 0 aliphatic rings. The normalized spacial score (nSPS) is 10.4. The van der Waals surface area contributed by atoms with Gasteiger partial charge in [0.15, 0.2) is 0 Å². The van der Waals surface area contributed by atoms with Gasteiger partial charge in [0.05, 0.1) is 0 Å². The summed E-state index contributed by atoms with van der Waals surface area (Å²) in [5, 5.41) is 3.30. The third kappa shape index (κ3) is 3.32. The summed E-state index contributed by atoms with van der Waals surface area (Å²) in [5.41, 5.74) is 1.15. The molecule has 0 radical (unpaired) electrons. The largest absolute Gasteiger partial charge is 0.370 e. The van der Waals surface area contributed by atoms with E-state index in [1.165, 1.54) is 0 Å². The molecule has 0 unspecified atom stereocenters. The van der Waals surface area contributed by atoms with Gasteiger partial charge in [-0.3, -0.25) is 0 Å². The zero-order valence-corrected chi connectivity index (χ0v) is 11.7. The lowest BCUT2D eigenvalue weighted by Crippen LogP contribution is -2.26. The van der Waals surface area contributed by atoms with Crippen molar-refractivity contribution >= 4 is 11.6 Å². The second-order valence-electron chi connectivity index (χ2n) is 4.18. The summed E-state index contributed by atoms with van der Waals surface area (Å²) in [6.45, 7) is 13.4. The van der Waals surface area contributed by atoms with Crippen LogP contribution in [0.1, 0.15) is 38.6 Å². The van der Waals surface area contributed by atoms with Gasteiger partial charge in [0, 0.05) is 25.2 Å². The molecular weight excluding hydrogens is 212 g/mol. The predicted molar refractivity (Wildman–Crippen MR) is 73.8 cm³/mol. The molecule has 0 aromatic carbocycles. The van der Waals surface area contributed by atoms with Gasteiger partial charge in [0.25, 0.3) is 0 Å². The maximum absolute atomic E-state index is 4.58. The quantitative estimate of drug-likeness (QED) is 0.824. The third-order valence-electron chi connectivity index (χ3n) is 2.75. The molecule has 4 heteroatoms. The first-order valence-electron chi connectivity index (χ1n) is 6.48. The summed E-state index contributed by atoms with van der Waals surface area (Å²) in [7, 11) is 0. The van der Waals surface area contributed by atoms with Gasteiger partial charge in [0.2, 0.25) is 0 Å². The van der Waals surface area contributed by atoms with E-state index in [-0.39, 0.29) is 0 Å². The highest BCUT2D eigenvalue weighted by molar-refractivity contribution is 5.58. The van der Waals surface area contributed by atoms with Gasteiger partial charge in [-0.15, -0.1) is 0 Å². The molecule has 1 heterocycles. The van der Waals surface area contributed by atoms with Gasteiger partial charge in [-0.2, -0.15) is 0 Å². The number of nitrogens with one attached hydrogen (secondary N) is 1. The topological polar surface area (TPSA) is 41.1 Å². The molecule has 0 amide bonds. The van der Waals surface area contributed by atoms with Crippen LogP contribution < -0.4 is 10.2 Å². The Morgan fingerprint density at radius 3 is 2.35 bits per heavy atom. The standard InChI is InChI=1S/C13H24N4/c1-6-9-17(8-3)13-10(4)12(14-7-2)15-11(5)16-13/h6-9H2,1-5H3,(H,14,15,16). The smallest absolute Gasteiger partial charge is 0.137 e. The van der Waals surface area contributed by atoms with Crippen molar-refractivity contribution in [1.29, 1.82) is 0 Å². The third-order valence-corrected chi connectivity index (χ3v) is 2.75. The van der Waals surface area contributed by atoms with E-state index in [2.05, 4.69) is 47.9 Å². The first kappa shape index (κ1) is 13.7. The molecule has 0 spiro atoms. The Morgan fingerprint density at radius 2 is 1.82 bits per heavy atom. The van der Waals surface area contributed by atoms with Crippen LogP contribution in [0.25, 0.3) is 0 Å². The summed E-state index contributed by atoms with van der Waals surface area (Å²) < 4.78 is 0. The van der Waals surface area contributed by atoms with Crippen LogP contribution in [-0.2, 0) is 0 Å². The van der Waals surface area contributed by atoms with Crippen molar-refractivity contribution < 1.29 is 0 Å². The Balaban J connectivity index is 3.12. The van der Waals surface area contributed by atoms with Gasteiger partial charge in [-0.1, -0.05) is 6.92 Å². The molecule has 1 rings (SSSR count). The monoisotopic (exact) mass is 236 g/mol.